The lowest BCUT2D eigenvalue weighted by Crippen LogP contribution is -2.76. The number of anilines is 1. The van der Waals surface area contributed by atoms with Gasteiger partial charge in [0.1, 0.15) is 12.1 Å². The van der Waals surface area contributed by atoms with Crippen LogP contribution in [-0.4, -0.2) is 25.7 Å². The Bertz CT molecular complexity index is 1370. The minimum absolute atomic E-state index is 0.319. The van der Waals surface area contributed by atoms with E-state index in [1.165, 1.54) is 0 Å². The van der Waals surface area contributed by atoms with Crippen molar-refractivity contribution in [3.8, 4) is 17.1 Å². The molecule has 0 fully saturated rings. The Morgan fingerprint density at radius 2 is 1.85 bits per heavy atom. The number of ether oxygens (including phenoxy) is 1. The number of hydrogen-bond acceptors (Lipinski definition) is 4. The zero-order valence-corrected chi connectivity index (χ0v) is 19.9. The fourth-order valence-corrected chi connectivity index (χ4v) is 4.18. The maximum absolute atomic E-state index is 12.8. The van der Waals surface area contributed by atoms with Gasteiger partial charge in [0, 0.05) is 42.1 Å². The highest BCUT2D eigenvalue weighted by molar-refractivity contribution is 5.93. The Kier molecular flexibility index (Phi) is 6.45. The highest BCUT2D eigenvalue weighted by Crippen LogP contribution is 2.29. The quantitative estimate of drug-likeness (QED) is 0.272. The molecule has 2 N–H and O–H groups in total. The smallest absolute Gasteiger partial charge is 0.344 e. The third-order valence-corrected chi connectivity index (χ3v) is 5.69. The highest BCUT2D eigenvalue weighted by atomic mass is 16.5. The lowest BCUT2D eigenvalue weighted by atomic mass is 10.1. The van der Waals surface area contributed by atoms with E-state index in [-0.39, 0.29) is 5.97 Å². The van der Waals surface area contributed by atoms with Gasteiger partial charge in [0.25, 0.3) is 11.2 Å². The van der Waals surface area contributed by atoms with Gasteiger partial charge in [-0.15, -0.1) is 4.57 Å². The monoisotopic (exact) mass is 445 g/mol. The third-order valence-electron chi connectivity index (χ3n) is 5.69. The van der Waals surface area contributed by atoms with Crippen LogP contribution >= 0.6 is 0 Å². The molecular weight excluding hydrogens is 414 g/mol. The molecule has 6 nitrogen and oxygen atoms in total. The van der Waals surface area contributed by atoms with Crippen LogP contribution in [0.15, 0.2) is 52.9 Å². The summed E-state index contributed by atoms with van der Waals surface area (Å²) in [6, 6.07) is 15.8. The van der Waals surface area contributed by atoms with Gasteiger partial charge >= 0.3 is 5.97 Å². The first kappa shape index (κ1) is 22.5. The minimum Gasteiger partial charge on any atom is -0.462 e. The van der Waals surface area contributed by atoms with E-state index in [0.29, 0.717) is 12.2 Å². The molecule has 2 aliphatic rings. The Labute approximate surface area is 193 Å². The van der Waals surface area contributed by atoms with Crippen molar-refractivity contribution in [2.24, 2.45) is 0 Å². The van der Waals surface area contributed by atoms with E-state index in [1.807, 2.05) is 43.3 Å². The summed E-state index contributed by atoms with van der Waals surface area (Å²) in [6.07, 6.45) is 0. The number of para-hydroxylation sites is 1. The molecule has 170 valence electrons. The number of nitrogens with one attached hydrogen (secondary N) is 2. The molecule has 6 heteroatoms. The second-order valence-corrected chi connectivity index (χ2v) is 8.01. The van der Waals surface area contributed by atoms with Gasteiger partial charge < -0.3 is 14.5 Å². The van der Waals surface area contributed by atoms with Crippen LogP contribution in [-0.2, 0) is 4.74 Å². The summed E-state index contributed by atoms with van der Waals surface area (Å²) >= 11 is 0. The molecule has 0 atom stereocenters. The zero-order valence-electron chi connectivity index (χ0n) is 19.9. The number of carbonyl (C=O) groups is 1. The Morgan fingerprint density at radius 1 is 1.06 bits per heavy atom. The zero-order chi connectivity index (χ0) is 23.5. The number of hydrogen-bond donors (Lipinski definition) is 2. The molecule has 0 unspecified atom stereocenters. The molecule has 0 bridgehead atoms. The standard InChI is InChI=1S/C27H30N3O3/c1-6-28-20-15-25-23(13-17(20)4)30(22-12-10-9-11-19(22)27(31)32-8-3)24-14-18(5)21(29-7-2)16-26(24)33-25/h9-16,28H,6-8H2,1-5H3/q+1/p+1. The van der Waals surface area contributed by atoms with Crippen LogP contribution < -0.4 is 20.2 Å². The normalized spacial score (nSPS) is 11.8. The Balaban J connectivity index is 2.15. The van der Waals surface area contributed by atoms with Crippen molar-refractivity contribution in [2.75, 3.05) is 25.0 Å². The van der Waals surface area contributed by atoms with E-state index in [0.717, 1.165) is 63.5 Å². The first-order valence-electron chi connectivity index (χ1n) is 11.5. The third kappa shape index (κ3) is 4.21. The van der Waals surface area contributed by atoms with Gasteiger partial charge in [0.15, 0.2) is 0 Å². The van der Waals surface area contributed by atoms with E-state index in [2.05, 4.69) is 54.7 Å². The molecule has 0 radical (unpaired) electrons. The predicted octanol–water partition coefficient (Wildman–Crippen LogP) is 3.04. The van der Waals surface area contributed by atoms with Crippen molar-refractivity contribution in [3.63, 3.8) is 0 Å². The number of benzene rings is 3. The summed E-state index contributed by atoms with van der Waals surface area (Å²) in [5.41, 5.74) is 6.99. The number of aryl methyl sites for hydroxylation is 2. The molecule has 0 saturated heterocycles. The first-order valence-corrected chi connectivity index (χ1v) is 11.5. The summed E-state index contributed by atoms with van der Waals surface area (Å²) in [5.74, 6) is 0.388. The molecule has 33 heavy (non-hydrogen) atoms. The van der Waals surface area contributed by atoms with E-state index < -0.39 is 0 Å². The molecule has 1 aliphatic carbocycles. The second-order valence-electron chi connectivity index (χ2n) is 8.01. The largest absolute Gasteiger partial charge is 0.462 e. The van der Waals surface area contributed by atoms with Gasteiger partial charge in [0.05, 0.1) is 12.7 Å². The average Bonchev–Trinajstić information content (AvgIpc) is 2.80. The topological polar surface area (TPSA) is 69.3 Å². The summed E-state index contributed by atoms with van der Waals surface area (Å²) in [4.78, 5) is 16.3. The van der Waals surface area contributed by atoms with Crippen molar-refractivity contribution in [1.29, 1.82) is 0 Å². The maximum Gasteiger partial charge on any atom is 0.344 e. The van der Waals surface area contributed by atoms with Crippen LogP contribution in [0.4, 0.5) is 5.69 Å². The lowest BCUT2D eigenvalue weighted by molar-refractivity contribution is -0.557. The molecule has 0 saturated carbocycles. The van der Waals surface area contributed by atoms with Gasteiger partial charge in [-0.1, -0.05) is 12.1 Å². The van der Waals surface area contributed by atoms with Gasteiger partial charge in [-0.05, 0) is 46.2 Å². The molecule has 2 aromatic rings. The fourth-order valence-electron chi connectivity index (χ4n) is 4.18. The van der Waals surface area contributed by atoms with Crippen molar-refractivity contribution in [2.45, 2.75) is 34.6 Å². The second kappa shape index (κ2) is 9.45. The number of esters is 1. The SMILES string of the molecule is CCNc1cc2oc3cc(=[NH+]CC)c(C)cc-3[n+](-c3ccccc3C(=O)OCC)c2cc1C. The predicted molar refractivity (Wildman–Crippen MR) is 129 cm³/mol. The van der Waals surface area contributed by atoms with Gasteiger partial charge in [-0.3, -0.25) is 0 Å². The average molecular weight is 446 g/mol. The van der Waals surface area contributed by atoms with Gasteiger partial charge in [0.2, 0.25) is 22.4 Å². The van der Waals surface area contributed by atoms with Crippen LogP contribution in [0.3, 0.4) is 0 Å². The molecule has 0 aromatic heterocycles. The molecule has 1 heterocycles. The first-order chi connectivity index (χ1) is 16.0. The van der Waals surface area contributed by atoms with Gasteiger partial charge in [-0.2, -0.15) is 0 Å². The fraction of sp³-hybridized carbons (Fsp3) is 0.296. The number of rotatable bonds is 6. The van der Waals surface area contributed by atoms with E-state index in [9.17, 15) is 4.79 Å². The van der Waals surface area contributed by atoms with Crippen LogP contribution in [0.5, 0.6) is 0 Å². The Morgan fingerprint density at radius 3 is 2.58 bits per heavy atom. The maximum atomic E-state index is 12.8. The lowest BCUT2D eigenvalue weighted by Gasteiger charge is -2.13. The summed E-state index contributed by atoms with van der Waals surface area (Å²) in [6.45, 7) is 12.1. The minimum atomic E-state index is -0.343. The van der Waals surface area contributed by atoms with Crippen molar-refractivity contribution in [3.05, 3.63) is 70.6 Å². The summed E-state index contributed by atoms with van der Waals surface area (Å²) < 4.78 is 13.9. The van der Waals surface area contributed by atoms with Crippen LogP contribution in [0, 0.1) is 13.8 Å². The number of carbonyl (C=O) groups excluding carboxylic acids is 1. The summed E-state index contributed by atoms with van der Waals surface area (Å²) in [5, 5.41) is 4.43. The van der Waals surface area contributed by atoms with E-state index >= 15 is 0 Å². The van der Waals surface area contributed by atoms with Crippen LogP contribution in [0.2, 0.25) is 0 Å². The van der Waals surface area contributed by atoms with Crippen molar-refractivity contribution < 1.29 is 23.5 Å². The van der Waals surface area contributed by atoms with Crippen LogP contribution in [0.25, 0.3) is 28.2 Å². The van der Waals surface area contributed by atoms with E-state index in [1.54, 1.807) is 0 Å². The molecule has 0 amide bonds. The molecule has 1 aliphatic heterocycles. The molecular formula is C27H31N3O3+2. The van der Waals surface area contributed by atoms with Crippen molar-refractivity contribution >= 4 is 22.8 Å². The van der Waals surface area contributed by atoms with Crippen LogP contribution in [0.1, 0.15) is 42.3 Å². The highest BCUT2D eigenvalue weighted by Gasteiger charge is 2.31. The van der Waals surface area contributed by atoms with E-state index in [4.69, 9.17) is 9.15 Å². The number of aromatic nitrogens is 1. The van der Waals surface area contributed by atoms with Gasteiger partial charge in [-0.25, -0.2) is 9.79 Å². The van der Waals surface area contributed by atoms with Crippen molar-refractivity contribution in [1.82, 2.24) is 0 Å². The number of nitrogens with zero attached hydrogens (tertiary/aromatic N) is 1. The Hall–Kier alpha value is -3.67. The number of fused-ring (bicyclic) bond motifs is 2. The molecule has 0 spiro atoms. The molecule has 4 rings (SSSR count). The molecule has 2 aromatic carbocycles. The summed E-state index contributed by atoms with van der Waals surface area (Å²) in [7, 11) is 0.